The van der Waals surface area contributed by atoms with E-state index in [1.165, 1.54) is 0 Å². The summed E-state index contributed by atoms with van der Waals surface area (Å²) in [5.74, 6) is -0.662. The lowest BCUT2D eigenvalue weighted by atomic mass is 10.2. The summed E-state index contributed by atoms with van der Waals surface area (Å²) < 4.78 is 0. The summed E-state index contributed by atoms with van der Waals surface area (Å²) in [6.07, 6.45) is 0.145. The molecule has 0 radical (unpaired) electrons. The zero-order chi connectivity index (χ0) is 11.3. The number of carbonyl (C=O) groups excluding carboxylic acids is 2. The van der Waals surface area contributed by atoms with Crippen molar-refractivity contribution in [3.05, 3.63) is 29.8 Å². The van der Waals surface area contributed by atoms with Gasteiger partial charge in [0.15, 0.2) is 0 Å². The maximum absolute atomic E-state index is 11.5. The molecular formula is C10H12N2O2S. The van der Waals surface area contributed by atoms with Gasteiger partial charge in [-0.2, -0.15) is 0 Å². The van der Waals surface area contributed by atoms with Gasteiger partial charge in [-0.1, -0.05) is 6.07 Å². The lowest BCUT2D eigenvalue weighted by Gasteiger charge is -2.03. The molecule has 80 valence electrons. The third-order valence-corrected chi connectivity index (χ3v) is 2.04. The molecule has 0 aliphatic rings. The molecule has 0 atom stereocenters. The fourth-order valence-corrected chi connectivity index (χ4v) is 1.27. The Morgan fingerprint density at radius 2 is 2.13 bits per heavy atom. The fourth-order valence-electron chi connectivity index (χ4n) is 1.05. The Morgan fingerprint density at radius 3 is 2.73 bits per heavy atom. The van der Waals surface area contributed by atoms with Gasteiger partial charge in [0.2, 0.25) is 5.91 Å². The van der Waals surface area contributed by atoms with E-state index in [2.05, 4.69) is 17.9 Å². The number of carbonyl (C=O) groups is 2. The summed E-state index contributed by atoms with van der Waals surface area (Å²) in [6.45, 7) is 0.255. The average molecular weight is 224 g/mol. The molecule has 0 fully saturated rings. The molecule has 15 heavy (non-hydrogen) atoms. The van der Waals surface area contributed by atoms with E-state index in [9.17, 15) is 9.59 Å². The van der Waals surface area contributed by atoms with E-state index >= 15 is 0 Å². The van der Waals surface area contributed by atoms with Crippen molar-refractivity contribution in [1.29, 1.82) is 0 Å². The van der Waals surface area contributed by atoms with Gasteiger partial charge in [0.1, 0.15) is 0 Å². The van der Waals surface area contributed by atoms with Crippen LogP contribution in [0, 0.1) is 0 Å². The van der Waals surface area contributed by atoms with E-state index in [1.807, 2.05) is 0 Å². The van der Waals surface area contributed by atoms with E-state index in [1.54, 1.807) is 24.3 Å². The summed E-state index contributed by atoms with van der Waals surface area (Å²) in [5.41, 5.74) is 5.46. The van der Waals surface area contributed by atoms with E-state index in [0.29, 0.717) is 5.56 Å². The van der Waals surface area contributed by atoms with Gasteiger partial charge in [0.25, 0.3) is 5.91 Å². The Kier molecular flexibility index (Phi) is 4.17. The average Bonchev–Trinajstić information content (AvgIpc) is 2.17. The van der Waals surface area contributed by atoms with Gasteiger partial charge in [-0.05, 0) is 18.2 Å². The van der Waals surface area contributed by atoms with Crippen LogP contribution in [0.25, 0.3) is 0 Å². The Labute approximate surface area is 93.3 Å². The van der Waals surface area contributed by atoms with Crippen LogP contribution in [0.3, 0.4) is 0 Å². The number of hydrogen-bond acceptors (Lipinski definition) is 3. The number of thiol groups is 1. The highest BCUT2D eigenvalue weighted by Crippen LogP contribution is 2.08. The Morgan fingerprint density at radius 1 is 1.40 bits per heavy atom. The predicted molar refractivity (Wildman–Crippen MR) is 59.8 cm³/mol. The maximum Gasteiger partial charge on any atom is 0.251 e. The van der Waals surface area contributed by atoms with Crippen LogP contribution in [0.2, 0.25) is 0 Å². The molecule has 0 saturated heterocycles. The van der Waals surface area contributed by atoms with Gasteiger partial charge in [0, 0.05) is 23.4 Å². The van der Waals surface area contributed by atoms with Crippen LogP contribution >= 0.6 is 12.6 Å². The molecular weight excluding hydrogens is 212 g/mol. The number of nitrogens with one attached hydrogen (secondary N) is 1. The highest BCUT2D eigenvalue weighted by Gasteiger charge is 2.04. The Bertz CT molecular complexity index is 379. The van der Waals surface area contributed by atoms with Crippen molar-refractivity contribution in [1.82, 2.24) is 5.32 Å². The minimum absolute atomic E-state index is 0.145. The van der Waals surface area contributed by atoms with Gasteiger partial charge in [-0.25, -0.2) is 0 Å². The minimum Gasteiger partial charge on any atom is -0.370 e. The van der Waals surface area contributed by atoms with Crippen molar-refractivity contribution in [2.45, 2.75) is 11.3 Å². The topological polar surface area (TPSA) is 72.2 Å². The first-order chi connectivity index (χ1) is 7.09. The number of benzene rings is 1. The summed E-state index contributed by atoms with van der Waals surface area (Å²) in [4.78, 5) is 22.6. The zero-order valence-corrected chi connectivity index (χ0v) is 8.96. The molecule has 0 spiro atoms. The second-order valence-electron chi connectivity index (χ2n) is 3.02. The van der Waals surface area contributed by atoms with E-state index in [4.69, 9.17) is 5.73 Å². The van der Waals surface area contributed by atoms with Gasteiger partial charge in [-0.3, -0.25) is 9.59 Å². The summed E-state index contributed by atoms with van der Waals surface area (Å²) in [5, 5.41) is 2.58. The number of hydrogen-bond donors (Lipinski definition) is 3. The van der Waals surface area contributed by atoms with Crippen LogP contribution in [0.15, 0.2) is 29.2 Å². The van der Waals surface area contributed by atoms with Crippen LogP contribution in [0.5, 0.6) is 0 Å². The van der Waals surface area contributed by atoms with Gasteiger partial charge >= 0.3 is 0 Å². The third-order valence-electron chi connectivity index (χ3n) is 1.77. The van der Waals surface area contributed by atoms with E-state index in [-0.39, 0.29) is 18.9 Å². The van der Waals surface area contributed by atoms with Gasteiger partial charge in [-0.15, -0.1) is 12.6 Å². The van der Waals surface area contributed by atoms with E-state index in [0.717, 1.165) is 4.90 Å². The highest BCUT2D eigenvalue weighted by atomic mass is 32.1. The van der Waals surface area contributed by atoms with Gasteiger partial charge in [0.05, 0.1) is 0 Å². The molecule has 4 nitrogen and oxygen atoms in total. The number of nitrogens with two attached hydrogens (primary N) is 1. The lowest BCUT2D eigenvalue weighted by molar-refractivity contribution is -0.117. The highest BCUT2D eigenvalue weighted by molar-refractivity contribution is 7.80. The van der Waals surface area contributed by atoms with Crippen LogP contribution in [0.1, 0.15) is 16.8 Å². The summed E-state index contributed by atoms with van der Waals surface area (Å²) in [7, 11) is 0. The second kappa shape index (κ2) is 5.41. The fraction of sp³-hybridized carbons (Fsp3) is 0.200. The van der Waals surface area contributed by atoms with Crippen LogP contribution in [-0.4, -0.2) is 18.4 Å². The maximum atomic E-state index is 11.5. The smallest absolute Gasteiger partial charge is 0.251 e. The van der Waals surface area contributed by atoms with Crippen molar-refractivity contribution < 1.29 is 9.59 Å². The first kappa shape index (κ1) is 11.6. The molecule has 1 aromatic rings. The van der Waals surface area contributed by atoms with Crippen molar-refractivity contribution >= 4 is 24.4 Å². The molecule has 0 bridgehead atoms. The summed E-state index contributed by atoms with van der Waals surface area (Å²) >= 11 is 4.12. The molecule has 0 aliphatic carbocycles. The summed E-state index contributed by atoms with van der Waals surface area (Å²) in [6, 6.07) is 6.86. The predicted octanol–water partition coefficient (Wildman–Crippen LogP) is 0.580. The molecule has 0 aromatic heterocycles. The first-order valence-electron chi connectivity index (χ1n) is 4.45. The molecule has 3 N–H and O–H groups in total. The molecule has 1 rings (SSSR count). The number of amides is 2. The minimum atomic E-state index is -0.432. The molecule has 0 unspecified atom stereocenters. The van der Waals surface area contributed by atoms with Crippen LogP contribution < -0.4 is 11.1 Å². The van der Waals surface area contributed by atoms with E-state index < -0.39 is 5.91 Å². The lowest BCUT2D eigenvalue weighted by Crippen LogP contribution is -2.27. The second-order valence-corrected chi connectivity index (χ2v) is 3.54. The van der Waals surface area contributed by atoms with Gasteiger partial charge < -0.3 is 11.1 Å². The molecule has 0 saturated carbocycles. The first-order valence-corrected chi connectivity index (χ1v) is 4.90. The van der Waals surface area contributed by atoms with Crippen molar-refractivity contribution in [3.8, 4) is 0 Å². The number of primary amides is 1. The molecule has 0 aliphatic heterocycles. The number of rotatable bonds is 4. The normalized spacial score (nSPS) is 9.67. The Hall–Kier alpha value is -1.49. The van der Waals surface area contributed by atoms with Crippen LogP contribution in [0.4, 0.5) is 0 Å². The monoisotopic (exact) mass is 224 g/mol. The quantitative estimate of drug-likeness (QED) is 0.655. The SMILES string of the molecule is NC(=O)CCNC(=O)c1cccc(S)c1. The Balaban J connectivity index is 2.50. The largest absolute Gasteiger partial charge is 0.370 e. The van der Waals surface area contributed by atoms with Crippen LogP contribution in [-0.2, 0) is 4.79 Å². The molecule has 1 aromatic carbocycles. The molecule has 0 heterocycles. The zero-order valence-electron chi connectivity index (χ0n) is 8.06. The molecule has 5 heteroatoms. The van der Waals surface area contributed by atoms with Crippen molar-refractivity contribution in [2.24, 2.45) is 5.73 Å². The third kappa shape index (κ3) is 4.03. The van der Waals surface area contributed by atoms with Crippen molar-refractivity contribution in [3.63, 3.8) is 0 Å². The standard InChI is InChI=1S/C10H12N2O2S/c11-9(13)4-5-12-10(14)7-2-1-3-8(15)6-7/h1-3,6,15H,4-5H2,(H2,11,13)(H,12,14). The molecule has 2 amide bonds. The van der Waals surface area contributed by atoms with Crippen molar-refractivity contribution in [2.75, 3.05) is 6.54 Å².